The number of fused-ring (bicyclic) bond motifs is 1. The van der Waals surface area contributed by atoms with E-state index in [0.717, 1.165) is 10.8 Å². The molecule has 0 aliphatic carbocycles. The molecule has 27 heavy (non-hydrogen) atoms. The molecule has 0 heterocycles. The summed E-state index contributed by atoms with van der Waals surface area (Å²) in [5, 5.41) is 1.73. The molecule has 5 nitrogen and oxygen atoms in total. The first-order valence-electron chi connectivity index (χ1n) is 9.35. The van der Waals surface area contributed by atoms with Gasteiger partial charge in [0.1, 0.15) is 6.04 Å². The monoisotopic (exact) mass is 387 g/mol. The second-order valence-corrected chi connectivity index (χ2v) is 7.70. The van der Waals surface area contributed by atoms with Crippen molar-refractivity contribution in [3.8, 4) is 0 Å². The Balaban J connectivity index is 2.48. The van der Waals surface area contributed by atoms with Gasteiger partial charge in [0.25, 0.3) is 0 Å². The minimum absolute atomic E-state index is 0.224. The Labute approximate surface area is 166 Å². The maximum absolute atomic E-state index is 13.2. The number of nitrogens with two attached hydrogens (primary N) is 2. The molecule has 0 bridgehead atoms. The van der Waals surface area contributed by atoms with Crippen molar-refractivity contribution in [1.29, 1.82) is 0 Å². The Kier molecular flexibility index (Phi) is 7.83. The Bertz CT molecular complexity index is 794. The normalized spacial score (nSPS) is 13.6. The minimum atomic E-state index is -0.706. The van der Waals surface area contributed by atoms with Crippen molar-refractivity contribution < 1.29 is 9.59 Å². The lowest BCUT2D eigenvalue weighted by molar-refractivity contribution is -0.123. The van der Waals surface area contributed by atoms with Crippen molar-refractivity contribution in [2.24, 2.45) is 17.4 Å². The van der Waals surface area contributed by atoms with Gasteiger partial charge in [0, 0.05) is 5.69 Å². The highest BCUT2D eigenvalue weighted by Gasteiger charge is 2.32. The van der Waals surface area contributed by atoms with Crippen LogP contribution in [-0.2, 0) is 9.59 Å². The van der Waals surface area contributed by atoms with Gasteiger partial charge in [0.15, 0.2) is 0 Å². The molecule has 0 saturated heterocycles. The van der Waals surface area contributed by atoms with Gasteiger partial charge in [0.2, 0.25) is 11.0 Å². The van der Waals surface area contributed by atoms with Crippen molar-refractivity contribution in [1.82, 2.24) is 0 Å². The number of rotatable bonds is 9. The molecule has 0 fully saturated rings. The molecule has 146 valence electrons. The zero-order valence-corrected chi connectivity index (χ0v) is 16.9. The smallest absolute Gasteiger partial charge is 0.244 e. The number of carbonyl (C=O) groups excluding carboxylic acids is 2. The summed E-state index contributed by atoms with van der Waals surface area (Å²) in [7, 11) is 0. The van der Waals surface area contributed by atoms with Crippen LogP contribution in [0.25, 0.3) is 10.8 Å². The Morgan fingerprint density at radius 1 is 1.11 bits per heavy atom. The lowest BCUT2D eigenvalue weighted by Gasteiger charge is -2.33. The maximum Gasteiger partial charge on any atom is 0.244 e. The average Bonchev–Trinajstić information content (AvgIpc) is 2.64. The van der Waals surface area contributed by atoms with E-state index in [0.29, 0.717) is 31.5 Å². The molecular formula is C21H29N3O2S. The van der Waals surface area contributed by atoms with Gasteiger partial charge >= 0.3 is 0 Å². The predicted molar refractivity (Wildman–Crippen MR) is 115 cm³/mol. The van der Waals surface area contributed by atoms with Crippen LogP contribution in [0.15, 0.2) is 42.5 Å². The zero-order chi connectivity index (χ0) is 20.0. The van der Waals surface area contributed by atoms with Crippen LogP contribution in [0.1, 0.15) is 33.1 Å². The van der Waals surface area contributed by atoms with E-state index in [1.165, 1.54) is 4.90 Å². The molecule has 0 aliphatic heterocycles. The highest BCUT2D eigenvalue weighted by Crippen LogP contribution is 2.27. The van der Waals surface area contributed by atoms with Crippen molar-refractivity contribution in [3.63, 3.8) is 0 Å². The second kappa shape index (κ2) is 9.88. The Morgan fingerprint density at radius 3 is 2.37 bits per heavy atom. The number of thiol groups is 1. The largest absolute Gasteiger partial charge is 0.330 e. The van der Waals surface area contributed by atoms with E-state index in [1.807, 2.05) is 56.3 Å². The van der Waals surface area contributed by atoms with Crippen LogP contribution in [0, 0.1) is 5.92 Å². The molecule has 2 rings (SSSR count). The number of nitrogens with zero attached hydrogens (tertiary/aromatic N) is 1. The molecule has 0 saturated carbocycles. The Morgan fingerprint density at radius 2 is 1.78 bits per heavy atom. The third kappa shape index (κ3) is 5.54. The highest BCUT2D eigenvalue weighted by atomic mass is 32.1. The highest BCUT2D eigenvalue weighted by molar-refractivity contribution is 7.96. The van der Waals surface area contributed by atoms with Crippen LogP contribution in [0.4, 0.5) is 5.69 Å². The molecule has 0 radical (unpaired) electrons. The summed E-state index contributed by atoms with van der Waals surface area (Å²) in [5.74, 6) is -0.0473. The molecule has 1 amide bonds. The van der Waals surface area contributed by atoms with Crippen LogP contribution in [0.3, 0.4) is 0 Å². The van der Waals surface area contributed by atoms with Gasteiger partial charge in [-0.1, -0.05) is 44.2 Å². The lowest BCUT2D eigenvalue weighted by Crippen LogP contribution is -2.51. The molecule has 2 atom stereocenters. The molecule has 6 heteroatoms. The van der Waals surface area contributed by atoms with E-state index >= 15 is 0 Å². The van der Waals surface area contributed by atoms with Gasteiger partial charge < -0.3 is 11.5 Å². The fourth-order valence-corrected chi connectivity index (χ4v) is 3.41. The van der Waals surface area contributed by atoms with Crippen LogP contribution in [0.2, 0.25) is 0 Å². The zero-order valence-electron chi connectivity index (χ0n) is 16.0. The van der Waals surface area contributed by atoms with Crippen LogP contribution >= 0.6 is 12.6 Å². The van der Waals surface area contributed by atoms with Crippen LogP contribution in [-0.4, -0.2) is 29.7 Å². The number of benzene rings is 2. The second-order valence-electron chi connectivity index (χ2n) is 7.26. The summed E-state index contributed by atoms with van der Waals surface area (Å²) in [6, 6.07) is 12.3. The van der Waals surface area contributed by atoms with E-state index < -0.39 is 12.1 Å². The summed E-state index contributed by atoms with van der Waals surface area (Å²) in [6.07, 6.45) is 1.65. The standard InChI is InChI=1S/C21H29N3O2S/c1-14(2)12-19(21(26)27)24(20(25)18(23)8-5-11-22)17-10-9-15-6-3-4-7-16(15)13-17/h3-4,6-7,9-10,13-14,18-19H,5,8,11-12,22-23H2,1-2H3,(H,26,27)/t18-,19-/m1/s1. The van der Waals surface area contributed by atoms with E-state index in [-0.39, 0.29) is 16.9 Å². The number of amides is 1. The van der Waals surface area contributed by atoms with Gasteiger partial charge in [-0.15, -0.1) is 12.6 Å². The van der Waals surface area contributed by atoms with E-state index in [1.54, 1.807) is 0 Å². The molecule has 2 aromatic rings. The average molecular weight is 388 g/mol. The topological polar surface area (TPSA) is 89.4 Å². The first-order chi connectivity index (χ1) is 12.8. The fraction of sp³-hybridized carbons (Fsp3) is 0.429. The molecular weight excluding hydrogens is 358 g/mol. The van der Waals surface area contributed by atoms with Gasteiger partial charge in [0.05, 0.1) is 6.04 Å². The molecule has 0 aliphatic rings. The molecule has 4 N–H and O–H groups in total. The first-order valence-corrected chi connectivity index (χ1v) is 9.80. The maximum atomic E-state index is 13.2. The number of hydrogen-bond donors (Lipinski definition) is 3. The third-order valence-corrected chi connectivity index (χ3v) is 4.87. The van der Waals surface area contributed by atoms with Crippen LogP contribution in [0.5, 0.6) is 0 Å². The number of carbonyl (C=O) groups is 2. The summed E-state index contributed by atoms with van der Waals surface area (Å²) in [4.78, 5) is 27.0. The van der Waals surface area contributed by atoms with Crippen molar-refractivity contribution in [2.45, 2.75) is 45.2 Å². The first kappa shape index (κ1) is 21.4. The van der Waals surface area contributed by atoms with E-state index in [4.69, 9.17) is 11.5 Å². The molecule has 0 spiro atoms. The molecule has 0 unspecified atom stereocenters. The molecule has 2 aromatic carbocycles. The minimum Gasteiger partial charge on any atom is -0.330 e. The van der Waals surface area contributed by atoms with E-state index in [9.17, 15) is 9.59 Å². The summed E-state index contributed by atoms with van der Waals surface area (Å²) < 4.78 is 0. The van der Waals surface area contributed by atoms with E-state index in [2.05, 4.69) is 12.6 Å². The van der Waals surface area contributed by atoms with Crippen molar-refractivity contribution >= 4 is 40.1 Å². The van der Waals surface area contributed by atoms with Gasteiger partial charge in [-0.3, -0.25) is 14.5 Å². The van der Waals surface area contributed by atoms with Crippen molar-refractivity contribution in [2.75, 3.05) is 11.4 Å². The van der Waals surface area contributed by atoms with Crippen LogP contribution < -0.4 is 16.4 Å². The predicted octanol–water partition coefficient (Wildman–Crippen LogP) is 3.11. The van der Waals surface area contributed by atoms with Gasteiger partial charge in [-0.2, -0.15) is 0 Å². The summed E-state index contributed by atoms with van der Waals surface area (Å²) in [6.45, 7) is 4.50. The van der Waals surface area contributed by atoms with Gasteiger partial charge in [-0.05, 0) is 54.6 Å². The molecule has 0 aromatic heterocycles. The van der Waals surface area contributed by atoms with Crippen molar-refractivity contribution in [3.05, 3.63) is 42.5 Å². The summed E-state index contributed by atoms with van der Waals surface area (Å²) >= 11 is 4.07. The number of hydrogen-bond acceptors (Lipinski definition) is 4. The van der Waals surface area contributed by atoms with Gasteiger partial charge in [-0.25, -0.2) is 0 Å². The summed E-state index contributed by atoms with van der Waals surface area (Å²) in [5.41, 5.74) is 12.4. The quantitative estimate of drug-likeness (QED) is 0.577. The number of anilines is 1. The SMILES string of the molecule is CC(C)C[C@H](C(=O)S)N(C(=O)[C@H](N)CCCN)c1ccc2ccccc2c1. The fourth-order valence-electron chi connectivity index (χ4n) is 3.19. The lowest BCUT2D eigenvalue weighted by atomic mass is 10.00. The third-order valence-electron chi connectivity index (χ3n) is 4.58. The Hall–Kier alpha value is -1.89.